The van der Waals surface area contributed by atoms with E-state index in [2.05, 4.69) is 26.0 Å². The third-order valence-electron chi connectivity index (χ3n) is 4.36. The standard InChI is InChI=1S/C20H32O3/c1-3-5-7-8-14-21-18-12-10-17(11-13-18)20-16-22-19(15-23-20)9-6-4-2/h10-13,19-20H,3-9,14-16H2,1-2H3. The lowest BCUT2D eigenvalue weighted by molar-refractivity contribution is -0.137. The van der Waals surface area contributed by atoms with Crippen LogP contribution in [0.5, 0.6) is 5.75 Å². The lowest BCUT2D eigenvalue weighted by atomic mass is 10.1. The maximum atomic E-state index is 5.97. The van der Waals surface area contributed by atoms with Gasteiger partial charge in [-0.25, -0.2) is 0 Å². The molecule has 0 amide bonds. The van der Waals surface area contributed by atoms with Crippen LogP contribution in [0.2, 0.25) is 0 Å². The Morgan fingerprint density at radius 1 is 0.913 bits per heavy atom. The Morgan fingerprint density at radius 3 is 2.35 bits per heavy atom. The summed E-state index contributed by atoms with van der Waals surface area (Å²) in [5.41, 5.74) is 1.18. The van der Waals surface area contributed by atoms with Gasteiger partial charge in [0, 0.05) is 0 Å². The van der Waals surface area contributed by atoms with Crippen LogP contribution in [-0.2, 0) is 9.47 Å². The highest BCUT2D eigenvalue weighted by Gasteiger charge is 2.23. The quantitative estimate of drug-likeness (QED) is 0.548. The van der Waals surface area contributed by atoms with Gasteiger partial charge in [-0.3, -0.25) is 0 Å². The summed E-state index contributed by atoms with van der Waals surface area (Å²) in [4.78, 5) is 0. The molecule has 1 aromatic carbocycles. The van der Waals surface area contributed by atoms with Crippen molar-refractivity contribution in [2.45, 2.75) is 71.0 Å². The molecule has 130 valence electrons. The number of hydrogen-bond donors (Lipinski definition) is 0. The summed E-state index contributed by atoms with van der Waals surface area (Å²) >= 11 is 0. The van der Waals surface area contributed by atoms with Crippen LogP contribution in [0.4, 0.5) is 0 Å². The zero-order chi connectivity index (χ0) is 16.3. The van der Waals surface area contributed by atoms with E-state index in [1.165, 1.54) is 37.7 Å². The molecule has 2 rings (SSSR count). The summed E-state index contributed by atoms with van der Waals surface area (Å²) in [7, 11) is 0. The van der Waals surface area contributed by atoms with E-state index >= 15 is 0 Å². The minimum Gasteiger partial charge on any atom is -0.494 e. The molecule has 2 atom stereocenters. The average Bonchev–Trinajstić information content (AvgIpc) is 2.61. The predicted molar refractivity (Wildman–Crippen MR) is 94.0 cm³/mol. The van der Waals surface area contributed by atoms with Gasteiger partial charge in [0.1, 0.15) is 11.9 Å². The van der Waals surface area contributed by atoms with Crippen molar-refractivity contribution in [1.82, 2.24) is 0 Å². The zero-order valence-electron chi connectivity index (χ0n) is 14.8. The van der Waals surface area contributed by atoms with E-state index in [1.807, 2.05) is 12.1 Å². The summed E-state index contributed by atoms with van der Waals surface area (Å²) < 4.78 is 17.7. The highest BCUT2D eigenvalue weighted by atomic mass is 16.6. The smallest absolute Gasteiger partial charge is 0.119 e. The van der Waals surface area contributed by atoms with Crippen molar-refractivity contribution in [1.29, 1.82) is 0 Å². The van der Waals surface area contributed by atoms with Crippen molar-refractivity contribution in [3.8, 4) is 5.75 Å². The minimum absolute atomic E-state index is 0.0616. The second kappa shape index (κ2) is 10.7. The summed E-state index contributed by atoms with van der Waals surface area (Å²) in [5.74, 6) is 0.947. The van der Waals surface area contributed by atoms with E-state index in [9.17, 15) is 0 Å². The summed E-state index contributed by atoms with van der Waals surface area (Å²) in [6.45, 7) is 6.61. The molecule has 23 heavy (non-hydrogen) atoms. The largest absolute Gasteiger partial charge is 0.494 e. The molecule has 1 heterocycles. The molecule has 0 aromatic heterocycles. The fraction of sp³-hybridized carbons (Fsp3) is 0.700. The third-order valence-corrected chi connectivity index (χ3v) is 4.36. The van der Waals surface area contributed by atoms with Gasteiger partial charge in [-0.2, -0.15) is 0 Å². The molecule has 3 heteroatoms. The second-order valence-electron chi connectivity index (χ2n) is 6.40. The van der Waals surface area contributed by atoms with Crippen LogP contribution in [-0.4, -0.2) is 25.9 Å². The van der Waals surface area contributed by atoms with E-state index in [1.54, 1.807) is 0 Å². The van der Waals surface area contributed by atoms with E-state index < -0.39 is 0 Å². The number of benzene rings is 1. The van der Waals surface area contributed by atoms with Crippen LogP contribution in [0, 0.1) is 0 Å². The zero-order valence-corrected chi connectivity index (χ0v) is 14.8. The molecule has 1 saturated heterocycles. The first kappa shape index (κ1) is 18.3. The normalized spacial score (nSPS) is 21.3. The van der Waals surface area contributed by atoms with Crippen LogP contribution < -0.4 is 4.74 Å². The molecule has 1 aliphatic heterocycles. The van der Waals surface area contributed by atoms with Gasteiger partial charge in [-0.1, -0.05) is 58.1 Å². The van der Waals surface area contributed by atoms with Crippen molar-refractivity contribution in [3.63, 3.8) is 0 Å². The minimum atomic E-state index is 0.0616. The molecule has 0 radical (unpaired) electrons. The maximum Gasteiger partial charge on any atom is 0.119 e. The van der Waals surface area contributed by atoms with Crippen LogP contribution in [0.1, 0.15) is 70.5 Å². The van der Waals surface area contributed by atoms with Gasteiger partial charge in [0.25, 0.3) is 0 Å². The van der Waals surface area contributed by atoms with Crippen LogP contribution >= 0.6 is 0 Å². The number of unbranched alkanes of at least 4 members (excludes halogenated alkanes) is 4. The maximum absolute atomic E-state index is 5.97. The molecule has 1 aliphatic rings. The second-order valence-corrected chi connectivity index (χ2v) is 6.40. The molecule has 1 aromatic rings. The summed E-state index contributed by atoms with van der Waals surface area (Å²) in [6.07, 6.45) is 8.80. The molecule has 3 nitrogen and oxygen atoms in total. The van der Waals surface area contributed by atoms with E-state index in [0.29, 0.717) is 13.2 Å². The molecule has 0 N–H and O–H groups in total. The molecular formula is C20H32O3. The van der Waals surface area contributed by atoms with Gasteiger partial charge < -0.3 is 14.2 Å². The Morgan fingerprint density at radius 2 is 1.70 bits per heavy atom. The van der Waals surface area contributed by atoms with Crippen LogP contribution in [0.3, 0.4) is 0 Å². The SMILES string of the molecule is CCCCCCOc1ccc(C2COC(CCCC)CO2)cc1. The number of rotatable bonds is 10. The first-order chi connectivity index (χ1) is 11.3. The Labute approximate surface area is 141 Å². The van der Waals surface area contributed by atoms with Crippen LogP contribution in [0.25, 0.3) is 0 Å². The van der Waals surface area contributed by atoms with Crippen molar-refractivity contribution < 1.29 is 14.2 Å². The van der Waals surface area contributed by atoms with E-state index in [-0.39, 0.29) is 12.2 Å². The van der Waals surface area contributed by atoms with E-state index in [0.717, 1.165) is 25.2 Å². The fourth-order valence-electron chi connectivity index (χ4n) is 2.83. The Kier molecular flexibility index (Phi) is 8.48. The van der Waals surface area contributed by atoms with Gasteiger partial charge in [0.05, 0.1) is 25.9 Å². The summed E-state index contributed by atoms with van der Waals surface area (Å²) in [5, 5.41) is 0. The molecule has 0 spiro atoms. The van der Waals surface area contributed by atoms with Gasteiger partial charge in [-0.15, -0.1) is 0 Å². The molecule has 1 fully saturated rings. The first-order valence-electron chi connectivity index (χ1n) is 9.29. The molecule has 0 saturated carbocycles. The lowest BCUT2D eigenvalue weighted by Gasteiger charge is -2.29. The molecular weight excluding hydrogens is 288 g/mol. The molecule has 0 aliphatic carbocycles. The topological polar surface area (TPSA) is 27.7 Å². The van der Waals surface area contributed by atoms with Gasteiger partial charge >= 0.3 is 0 Å². The fourth-order valence-corrected chi connectivity index (χ4v) is 2.83. The van der Waals surface area contributed by atoms with Crippen molar-refractivity contribution >= 4 is 0 Å². The summed E-state index contributed by atoms with van der Waals surface area (Å²) in [6, 6.07) is 8.28. The number of ether oxygens (including phenoxy) is 3. The number of hydrogen-bond acceptors (Lipinski definition) is 3. The highest BCUT2D eigenvalue weighted by molar-refractivity contribution is 5.28. The predicted octanol–water partition coefficient (Wildman–Crippen LogP) is 5.29. The third kappa shape index (κ3) is 6.52. The van der Waals surface area contributed by atoms with Gasteiger partial charge in [0.15, 0.2) is 0 Å². The van der Waals surface area contributed by atoms with E-state index in [4.69, 9.17) is 14.2 Å². The van der Waals surface area contributed by atoms with Gasteiger partial charge in [-0.05, 0) is 30.5 Å². The monoisotopic (exact) mass is 320 g/mol. The average molecular weight is 320 g/mol. The van der Waals surface area contributed by atoms with Gasteiger partial charge in [0.2, 0.25) is 0 Å². The van der Waals surface area contributed by atoms with Crippen molar-refractivity contribution in [2.75, 3.05) is 19.8 Å². The Bertz CT molecular complexity index is 407. The highest BCUT2D eigenvalue weighted by Crippen LogP contribution is 2.26. The molecule has 0 bridgehead atoms. The Balaban J connectivity index is 1.70. The lowest BCUT2D eigenvalue weighted by Crippen LogP contribution is -2.31. The molecule has 2 unspecified atom stereocenters. The Hall–Kier alpha value is -1.06. The van der Waals surface area contributed by atoms with Crippen molar-refractivity contribution in [3.05, 3.63) is 29.8 Å². The van der Waals surface area contributed by atoms with Crippen LogP contribution in [0.15, 0.2) is 24.3 Å². The first-order valence-corrected chi connectivity index (χ1v) is 9.29. The van der Waals surface area contributed by atoms with Crippen molar-refractivity contribution in [2.24, 2.45) is 0 Å².